The molecular formula is C28H27N3O4S. The average Bonchev–Trinajstić information content (AvgIpc) is 3.39. The van der Waals surface area contributed by atoms with Crippen molar-refractivity contribution in [2.24, 2.45) is 5.16 Å². The lowest BCUT2D eigenvalue weighted by atomic mass is 9.77. The molecular weight excluding hydrogens is 474 g/mol. The molecule has 7 nitrogen and oxygen atoms in total. The van der Waals surface area contributed by atoms with E-state index in [0.29, 0.717) is 10.8 Å². The quantitative estimate of drug-likeness (QED) is 0.101. The Kier molecular flexibility index (Phi) is 8.44. The summed E-state index contributed by atoms with van der Waals surface area (Å²) in [6, 6.07) is 30.5. The maximum Gasteiger partial charge on any atom is 0.362 e. The number of esters is 1. The Morgan fingerprint density at radius 2 is 1.47 bits per heavy atom. The van der Waals surface area contributed by atoms with E-state index in [1.807, 2.05) is 54.6 Å². The van der Waals surface area contributed by atoms with Crippen LogP contribution in [0, 0.1) is 0 Å². The van der Waals surface area contributed by atoms with Gasteiger partial charge in [-0.05, 0) is 23.6 Å². The summed E-state index contributed by atoms with van der Waals surface area (Å²) < 4.78 is 5.14. The molecule has 184 valence electrons. The number of hydrogen-bond donors (Lipinski definition) is 2. The molecule has 0 spiro atoms. The lowest BCUT2D eigenvalue weighted by Crippen LogP contribution is -2.38. The van der Waals surface area contributed by atoms with Gasteiger partial charge in [-0.2, -0.15) is 0 Å². The molecule has 1 aromatic heterocycles. The highest BCUT2D eigenvalue weighted by Crippen LogP contribution is 2.40. The molecule has 8 heteroatoms. The number of anilines is 1. The molecule has 0 aliphatic rings. The first-order valence-electron chi connectivity index (χ1n) is 11.6. The Bertz CT molecular complexity index is 1180. The van der Waals surface area contributed by atoms with Crippen molar-refractivity contribution >= 4 is 28.1 Å². The Labute approximate surface area is 214 Å². The molecule has 0 atom stereocenters. The number of carbonyl (C=O) groups is 1. The molecule has 0 unspecified atom stereocenters. The second-order valence-corrected chi connectivity index (χ2v) is 8.59. The number of carbonyl (C=O) groups excluding carboxylic acids is 1. The largest absolute Gasteiger partial charge is 0.461 e. The maximum atomic E-state index is 12.5. The highest BCUT2D eigenvalue weighted by atomic mass is 32.1. The number of rotatable bonds is 11. The second kappa shape index (κ2) is 12.1. The fraction of sp³-hybridized carbons (Fsp3) is 0.179. The topological polar surface area (TPSA) is 93.0 Å². The van der Waals surface area contributed by atoms with E-state index in [0.717, 1.165) is 16.7 Å². The average molecular weight is 502 g/mol. The first-order chi connectivity index (χ1) is 17.7. The molecule has 2 N–H and O–H groups in total. The fourth-order valence-corrected chi connectivity index (χ4v) is 4.67. The van der Waals surface area contributed by atoms with Gasteiger partial charge in [0.1, 0.15) is 17.8 Å². The predicted molar refractivity (Wildman–Crippen MR) is 141 cm³/mol. The van der Waals surface area contributed by atoms with E-state index in [4.69, 9.17) is 14.7 Å². The first kappa shape index (κ1) is 25.1. The van der Waals surface area contributed by atoms with E-state index in [1.165, 1.54) is 11.3 Å². The van der Waals surface area contributed by atoms with E-state index < -0.39 is 11.5 Å². The lowest BCUT2D eigenvalue weighted by molar-refractivity contribution is -0.135. The Balaban J connectivity index is 1.82. The number of ether oxygens (including phenoxy) is 1. The van der Waals surface area contributed by atoms with Crippen LogP contribution in [0.15, 0.2) is 102 Å². The number of nitrogens with one attached hydrogen (secondary N) is 1. The zero-order chi connectivity index (χ0) is 25.2. The van der Waals surface area contributed by atoms with Crippen LogP contribution in [0.3, 0.4) is 0 Å². The summed E-state index contributed by atoms with van der Waals surface area (Å²) >= 11 is 1.35. The van der Waals surface area contributed by atoms with Crippen LogP contribution < -0.4 is 5.32 Å². The number of nitrogens with zero attached hydrogens (tertiary/aromatic N) is 2. The predicted octanol–water partition coefficient (Wildman–Crippen LogP) is 4.82. The van der Waals surface area contributed by atoms with Crippen LogP contribution in [0.1, 0.15) is 29.3 Å². The summed E-state index contributed by atoms with van der Waals surface area (Å²) in [6.45, 7) is 1.63. The number of aliphatic hydroxyl groups is 1. The molecule has 0 saturated carbocycles. The molecule has 0 fully saturated rings. The zero-order valence-electron chi connectivity index (χ0n) is 19.8. The standard InChI is InChI=1S/C28H27N3O4S/c1-2-34-26(33)25(31-35-19-18-32)24-20-36-27(29-24)30-28(21-12-6-3-7-13-21,22-14-8-4-9-15-22)23-16-10-5-11-17-23/h3-17,20,32H,2,18-19H2,1H3,(H,29,30)/b31-25+. The first-order valence-corrected chi connectivity index (χ1v) is 12.5. The minimum atomic E-state index is -0.756. The number of oxime groups is 1. The van der Waals surface area contributed by atoms with Crippen molar-refractivity contribution in [3.8, 4) is 0 Å². The smallest absolute Gasteiger partial charge is 0.362 e. The van der Waals surface area contributed by atoms with Crippen molar-refractivity contribution in [3.05, 3.63) is 119 Å². The molecule has 3 aromatic carbocycles. The van der Waals surface area contributed by atoms with Crippen LogP contribution in [-0.2, 0) is 19.9 Å². The number of thiazole rings is 1. The van der Waals surface area contributed by atoms with Crippen molar-refractivity contribution in [1.82, 2.24) is 4.98 Å². The van der Waals surface area contributed by atoms with Crippen molar-refractivity contribution in [3.63, 3.8) is 0 Å². The SMILES string of the molecule is CCOC(=O)/C(=N/OCCO)c1csc(NC(c2ccccc2)(c2ccccc2)c2ccccc2)n1. The number of hydrogen-bond acceptors (Lipinski definition) is 8. The summed E-state index contributed by atoms with van der Waals surface area (Å²) in [6.07, 6.45) is 0. The van der Waals surface area contributed by atoms with Gasteiger partial charge < -0.3 is 20.0 Å². The van der Waals surface area contributed by atoms with Crippen molar-refractivity contribution in [2.75, 3.05) is 25.1 Å². The third-order valence-electron chi connectivity index (χ3n) is 5.47. The second-order valence-electron chi connectivity index (χ2n) is 7.73. The van der Waals surface area contributed by atoms with Crippen LogP contribution >= 0.6 is 11.3 Å². The molecule has 4 rings (SSSR count). The lowest BCUT2D eigenvalue weighted by Gasteiger charge is -2.36. The maximum absolute atomic E-state index is 12.5. The van der Waals surface area contributed by atoms with Crippen molar-refractivity contribution in [2.45, 2.75) is 12.5 Å². The van der Waals surface area contributed by atoms with Crippen molar-refractivity contribution in [1.29, 1.82) is 0 Å². The van der Waals surface area contributed by atoms with Gasteiger partial charge in [0.05, 0.1) is 13.2 Å². The minimum absolute atomic E-state index is 0.0444. The molecule has 1 heterocycles. The molecule has 4 aromatic rings. The molecule has 0 amide bonds. The third-order valence-corrected chi connectivity index (χ3v) is 6.23. The summed E-state index contributed by atoms with van der Waals surface area (Å²) in [5, 5.41) is 18.9. The van der Waals surface area contributed by atoms with Crippen LogP contribution in [0.5, 0.6) is 0 Å². The fourth-order valence-electron chi connectivity index (χ4n) is 3.92. The third kappa shape index (κ3) is 5.45. The van der Waals surface area contributed by atoms with Crippen LogP contribution in [0.2, 0.25) is 0 Å². The number of benzene rings is 3. The van der Waals surface area contributed by atoms with Gasteiger partial charge in [-0.3, -0.25) is 0 Å². The van der Waals surface area contributed by atoms with E-state index in [9.17, 15) is 4.79 Å². The van der Waals surface area contributed by atoms with Crippen molar-refractivity contribution < 1.29 is 19.5 Å². The van der Waals surface area contributed by atoms with E-state index in [2.05, 4.69) is 51.9 Å². The Hall–Kier alpha value is -4.01. The highest BCUT2D eigenvalue weighted by molar-refractivity contribution is 7.14. The highest BCUT2D eigenvalue weighted by Gasteiger charge is 2.37. The number of aliphatic hydroxyl groups excluding tert-OH is 1. The van der Waals surface area contributed by atoms with Gasteiger partial charge in [0, 0.05) is 5.38 Å². The van der Waals surface area contributed by atoms with Gasteiger partial charge >= 0.3 is 5.97 Å². The Morgan fingerprint density at radius 1 is 0.944 bits per heavy atom. The van der Waals surface area contributed by atoms with E-state index >= 15 is 0 Å². The normalized spacial score (nSPS) is 11.7. The Morgan fingerprint density at radius 3 is 1.94 bits per heavy atom. The monoisotopic (exact) mass is 501 g/mol. The van der Waals surface area contributed by atoms with E-state index in [-0.39, 0.29) is 25.5 Å². The molecule has 0 radical (unpaired) electrons. The van der Waals surface area contributed by atoms with Crippen LogP contribution in [0.25, 0.3) is 0 Å². The molecule has 36 heavy (non-hydrogen) atoms. The van der Waals surface area contributed by atoms with Gasteiger partial charge in [-0.15, -0.1) is 11.3 Å². The summed E-state index contributed by atoms with van der Waals surface area (Å²) in [4.78, 5) is 22.3. The molecule has 0 aliphatic carbocycles. The van der Waals surface area contributed by atoms with Gasteiger partial charge in [0.25, 0.3) is 0 Å². The van der Waals surface area contributed by atoms with Gasteiger partial charge in [-0.25, -0.2) is 9.78 Å². The van der Waals surface area contributed by atoms with E-state index in [1.54, 1.807) is 12.3 Å². The molecule has 0 saturated heterocycles. The van der Waals surface area contributed by atoms with Crippen LogP contribution in [-0.4, -0.2) is 41.6 Å². The summed E-state index contributed by atoms with van der Waals surface area (Å²) in [5.41, 5.74) is 2.61. The number of aromatic nitrogens is 1. The van der Waals surface area contributed by atoms with Gasteiger partial charge in [-0.1, -0.05) is 96.2 Å². The molecule has 0 aliphatic heterocycles. The van der Waals surface area contributed by atoms with Gasteiger partial charge in [0.15, 0.2) is 5.13 Å². The molecule has 0 bridgehead atoms. The minimum Gasteiger partial charge on any atom is -0.461 e. The zero-order valence-corrected chi connectivity index (χ0v) is 20.7. The van der Waals surface area contributed by atoms with Crippen LogP contribution in [0.4, 0.5) is 5.13 Å². The summed E-state index contributed by atoms with van der Waals surface area (Å²) in [5.74, 6) is -0.646. The van der Waals surface area contributed by atoms with Gasteiger partial charge in [0.2, 0.25) is 5.71 Å². The summed E-state index contributed by atoms with van der Waals surface area (Å²) in [7, 11) is 0.